The van der Waals surface area contributed by atoms with Gasteiger partial charge in [0, 0.05) is 36.9 Å². The summed E-state index contributed by atoms with van der Waals surface area (Å²) in [6.07, 6.45) is 5.66. The van der Waals surface area contributed by atoms with E-state index in [2.05, 4.69) is 10.4 Å². The van der Waals surface area contributed by atoms with E-state index in [0.717, 1.165) is 19.4 Å². The average Bonchev–Trinajstić information content (AvgIpc) is 2.99. The Bertz CT molecular complexity index is 514. The van der Waals surface area contributed by atoms with Crippen LogP contribution in [0.4, 0.5) is 0 Å². The van der Waals surface area contributed by atoms with Crippen LogP contribution in [-0.2, 0) is 16.1 Å². The maximum Gasteiger partial charge on any atom is 0.241 e. The Labute approximate surface area is 125 Å². The van der Waals surface area contributed by atoms with Crippen LogP contribution in [0.5, 0.6) is 0 Å². The molecule has 1 amide bonds. The zero-order chi connectivity index (χ0) is 15.1. The van der Waals surface area contributed by atoms with Crippen LogP contribution in [0.1, 0.15) is 26.7 Å². The Morgan fingerprint density at radius 2 is 2.38 bits per heavy atom. The van der Waals surface area contributed by atoms with Gasteiger partial charge in [-0.25, -0.2) is 0 Å². The summed E-state index contributed by atoms with van der Waals surface area (Å²) >= 11 is 0. The molecule has 21 heavy (non-hydrogen) atoms. The van der Waals surface area contributed by atoms with Gasteiger partial charge in [-0.3, -0.25) is 9.48 Å². The first-order chi connectivity index (χ1) is 9.98. The van der Waals surface area contributed by atoms with E-state index in [9.17, 15) is 4.79 Å². The number of nitrogens with one attached hydrogen (secondary N) is 1. The van der Waals surface area contributed by atoms with Crippen LogP contribution in [-0.4, -0.2) is 40.5 Å². The molecule has 1 aromatic heterocycles. The van der Waals surface area contributed by atoms with Crippen molar-refractivity contribution in [1.82, 2.24) is 15.1 Å². The standard InChI is InChI=1S/C15H24N4O2/c1-14(2)12-11(5-3-10-21-12)15(14,16)13(20)17-7-9-19-8-4-6-18-19/h4,6,8,11-12H,3,5,7,9-10,16H2,1-2H3,(H,17,20). The highest BCUT2D eigenvalue weighted by atomic mass is 16.5. The average molecular weight is 292 g/mol. The summed E-state index contributed by atoms with van der Waals surface area (Å²) in [6.45, 7) is 6.04. The van der Waals surface area contributed by atoms with E-state index in [-0.39, 0.29) is 23.3 Å². The van der Waals surface area contributed by atoms with Crippen molar-refractivity contribution in [3.63, 3.8) is 0 Å². The largest absolute Gasteiger partial charge is 0.377 e. The Kier molecular flexibility index (Phi) is 3.53. The van der Waals surface area contributed by atoms with Gasteiger partial charge in [-0.15, -0.1) is 0 Å². The number of hydrogen-bond donors (Lipinski definition) is 2. The minimum absolute atomic E-state index is 0.0635. The number of rotatable bonds is 4. The summed E-state index contributed by atoms with van der Waals surface area (Å²) < 4.78 is 7.62. The number of ether oxygens (including phenoxy) is 1. The first-order valence-corrected chi connectivity index (χ1v) is 7.64. The van der Waals surface area contributed by atoms with E-state index in [1.165, 1.54) is 0 Å². The van der Waals surface area contributed by atoms with Gasteiger partial charge in [0.1, 0.15) is 5.54 Å². The maximum atomic E-state index is 12.6. The first-order valence-electron chi connectivity index (χ1n) is 7.64. The van der Waals surface area contributed by atoms with Crippen LogP contribution >= 0.6 is 0 Å². The van der Waals surface area contributed by atoms with Gasteiger partial charge in [-0.1, -0.05) is 13.8 Å². The maximum absolute atomic E-state index is 12.6. The highest BCUT2D eigenvalue weighted by Gasteiger charge is 2.70. The highest BCUT2D eigenvalue weighted by molar-refractivity contribution is 5.89. The molecule has 1 saturated carbocycles. The lowest BCUT2D eigenvalue weighted by atomic mass is 9.46. The molecule has 1 saturated heterocycles. The molecule has 3 atom stereocenters. The SMILES string of the molecule is CC1(C)C2OCCCC2C1(N)C(=O)NCCn1cccn1. The van der Waals surface area contributed by atoms with E-state index in [0.29, 0.717) is 13.1 Å². The summed E-state index contributed by atoms with van der Waals surface area (Å²) in [5.74, 6) is 0.0670. The van der Waals surface area contributed by atoms with Gasteiger partial charge in [0.25, 0.3) is 0 Å². The van der Waals surface area contributed by atoms with Crippen LogP contribution in [0.25, 0.3) is 0 Å². The third kappa shape index (κ3) is 2.08. The number of nitrogens with two attached hydrogens (primary N) is 1. The molecule has 3 rings (SSSR count). The van der Waals surface area contributed by atoms with E-state index >= 15 is 0 Å². The van der Waals surface area contributed by atoms with Crippen molar-refractivity contribution < 1.29 is 9.53 Å². The molecule has 2 aliphatic rings. The minimum atomic E-state index is -0.831. The molecule has 3 unspecified atom stereocenters. The van der Waals surface area contributed by atoms with Crippen LogP contribution in [0.3, 0.4) is 0 Å². The van der Waals surface area contributed by atoms with Crippen molar-refractivity contribution in [2.75, 3.05) is 13.2 Å². The van der Waals surface area contributed by atoms with Crippen LogP contribution in [0, 0.1) is 11.3 Å². The molecule has 0 radical (unpaired) electrons. The second-order valence-corrected chi connectivity index (χ2v) is 6.66. The molecule has 3 N–H and O–H groups in total. The minimum Gasteiger partial charge on any atom is -0.377 e. The number of fused-ring (bicyclic) bond motifs is 1. The van der Waals surface area contributed by atoms with E-state index in [1.54, 1.807) is 10.9 Å². The fourth-order valence-electron chi connectivity index (χ4n) is 3.90. The van der Waals surface area contributed by atoms with Crippen molar-refractivity contribution in [3.8, 4) is 0 Å². The number of nitrogens with zero attached hydrogens (tertiary/aromatic N) is 2. The van der Waals surface area contributed by atoms with Crippen LogP contribution in [0.15, 0.2) is 18.5 Å². The van der Waals surface area contributed by atoms with E-state index in [1.807, 2.05) is 26.1 Å². The van der Waals surface area contributed by atoms with Crippen molar-refractivity contribution in [1.29, 1.82) is 0 Å². The predicted molar refractivity (Wildman–Crippen MR) is 78.4 cm³/mol. The lowest BCUT2D eigenvalue weighted by Crippen LogP contribution is -2.82. The first kappa shape index (κ1) is 14.5. The molecule has 1 aliphatic carbocycles. The smallest absolute Gasteiger partial charge is 0.241 e. The molecule has 1 aliphatic heterocycles. The van der Waals surface area contributed by atoms with E-state index < -0.39 is 5.54 Å². The van der Waals surface area contributed by atoms with Gasteiger partial charge in [0.2, 0.25) is 5.91 Å². The summed E-state index contributed by atoms with van der Waals surface area (Å²) in [4.78, 5) is 12.6. The normalized spacial score (nSPS) is 33.9. The summed E-state index contributed by atoms with van der Waals surface area (Å²) in [5, 5.41) is 7.09. The molecule has 0 aromatic carbocycles. The highest BCUT2D eigenvalue weighted by Crippen LogP contribution is 2.57. The van der Waals surface area contributed by atoms with Gasteiger partial charge >= 0.3 is 0 Å². The fourth-order valence-corrected chi connectivity index (χ4v) is 3.90. The molecule has 116 valence electrons. The third-order valence-corrected chi connectivity index (χ3v) is 5.25. The number of hydrogen-bond acceptors (Lipinski definition) is 4. The Balaban J connectivity index is 1.62. The van der Waals surface area contributed by atoms with Crippen molar-refractivity contribution >= 4 is 5.91 Å². The van der Waals surface area contributed by atoms with Gasteiger partial charge in [0.05, 0.1) is 12.6 Å². The molecule has 1 aromatic rings. The molecular formula is C15H24N4O2. The third-order valence-electron chi connectivity index (χ3n) is 5.25. The second-order valence-electron chi connectivity index (χ2n) is 6.66. The Morgan fingerprint density at radius 3 is 3.10 bits per heavy atom. The summed E-state index contributed by atoms with van der Waals surface area (Å²) in [5.41, 5.74) is 5.37. The number of carbonyl (C=O) groups excluding carboxylic acids is 1. The number of carbonyl (C=O) groups is 1. The van der Waals surface area contributed by atoms with Gasteiger partial charge in [0.15, 0.2) is 0 Å². The number of amides is 1. The Hall–Kier alpha value is -1.40. The van der Waals surface area contributed by atoms with E-state index in [4.69, 9.17) is 10.5 Å². The summed E-state index contributed by atoms with van der Waals surface area (Å²) in [6, 6.07) is 1.87. The predicted octanol–water partition coefficient (Wildman–Crippen LogP) is 0.532. The zero-order valence-electron chi connectivity index (χ0n) is 12.7. The van der Waals surface area contributed by atoms with Gasteiger partial charge in [-0.2, -0.15) is 5.10 Å². The molecule has 2 heterocycles. The molecule has 6 heteroatoms. The fraction of sp³-hybridized carbons (Fsp3) is 0.733. The van der Waals surface area contributed by atoms with Crippen molar-refractivity contribution in [2.45, 2.75) is 44.9 Å². The van der Waals surface area contributed by atoms with Crippen molar-refractivity contribution in [2.24, 2.45) is 17.1 Å². The molecule has 2 fully saturated rings. The lowest BCUT2D eigenvalue weighted by molar-refractivity contribution is -0.225. The van der Waals surface area contributed by atoms with Crippen LogP contribution in [0.2, 0.25) is 0 Å². The monoisotopic (exact) mass is 292 g/mol. The Morgan fingerprint density at radius 1 is 1.57 bits per heavy atom. The second kappa shape index (κ2) is 5.10. The summed E-state index contributed by atoms with van der Waals surface area (Å²) in [7, 11) is 0. The van der Waals surface area contributed by atoms with Gasteiger partial charge in [-0.05, 0) is 18.9 Å². The molecule has 0 bridgehead atoms. The topological polar surface area (TPSA) is 82.2 Å². The number of aromatic nitrogens is 2. The zero-order valence-corrected chi connectivity index (χ0v) is 12.7. The van der Waals surface area contributed by atoms with Gasteiger partial charge < -0.3 is 15.8 Å². The molecule has 6 nitrogen and oxygen atoms in total. The molecule has 0 spiro atoms. The van der Waals surface area contributed by atoms with Crippen LogP contribution < -0.4 is 11.1 Å². The molecular weight excluding hydrogens is 268 g/mol. The quantitative estimate of drug-likeness (QED) is 0.848. The van der Waals surface area contributed by atoms with Crippen molar-refractivity contribution in [3.05, 3.63) is 18.5 Å². The lowest BCUT2D eigenvalue weighted by Gasteiger charge is -2.65.